The van der Waals surface area contributed by atoms with Crippen LogP contribution in [0.1, 0.15) is 34.1 Å². The van der Waals surface area contributed by atoms with E-state index in [1.165, 1.54) is 0 Å². The normalized spacial score (nSPS) is 11.7. The maximum Gasteiger partial charge on any atom is 0.230 e. The smallest absolute Gasteiger partial charge is 0.230 e. The van der Waals surface area contributed by atoms with Crippen LogP contribution in [0.15, 0.2) is 128 Å². The van der Waals surface area contributed by atoms with Crippen molar-refractivity contribution in [1.82, 2.24) is 9.88 Å². The second-order valence-corrected chi connectivity index (χ2v) is 10.8. The molecule has 0 bridgehead atoms. The van der Waals surface area contributed by atoms with E-state index in [2.05, 4.69) is 27.3 Å². The number of nitrogens with one attached hydrogen (secondary N) is 1. The number of hydrogen-bond donors (Lipinski definition) is 3. The first-order chi connectivity index (χ1) is 21.5. The highest BCUT2D eigenvalue weighted by Crippen LogP contribution is 2.27. The van der Waals surface area contributed by atoms with Gasteiger partial charge < -0.3 is 20.9 Å². The highest BCUT2D eigenvalue weighted by Gasteiger charge is 2.16. The summed E-state index contributed by atoms with van der Waals surface area (Å²) in [6.45, 7) is 2.24. The lowest BCUT2D eigenvalue weighted by molar-refractivity contribution is -0.115. The van der Waals surface area contributed by atoms with Gasteiger partial charge in [0.15, 0.2) is 0 Å². The maximum absolute atomic E-state index is 12.6. The van der Waals surface area contributed by atoms with Crippen molar-refractivity contribution in [2.75, 3.05) is 24.1 Å². The van der Waals surface area contributed by atoms with E-state index in [9.17, 15) is 9.90 Å². The minimum absolute atomic E-state index is 0.106. The molecule has 44 heavy (non-hydrogen) atoms. The Hall–Kier alpha value is -4.98. The number of nitrogen functional groups attached to an aromatic ring is 1. The average molecular weight is 587 g/mol. The Bertz CT molecular complexity index is 1610. The van der Waals surface area contributed by atoms with Crippen LogP contribution >= 0.6 is 0 Å². The third-order valence-corrected chi connectivity index (χ3v) is 7.33. The predicted molar refractivity (Wildman–Crippen MR) is 175 cm³/mol. The van der Waals surface area contributed by atoms with Crippen LogP contribution in [0.5, 0.6) is 5.75 Å². The molecule has 4 aromatic carbocycles. The van der Waals surface area contributed by atoms with Gasteiger partial charge in [0.05, 0.1) is 18.2 Å². The van der Waals surface area contributed by atoms with Crippen molar-refractivity contribution in [3.8, 4) is 5.75 Å². The van der Waals surface area contributed by atoms with E-state index in [1.54, 1.807) is 12.3 Å². The fraction of sp³-hybridized carbons (Fsp3) is 0.189. The monoisotopic (exact) mass is 586 g/mol. The van der Waals surface area contributed by atoms with Crippen LogP contribution in [-0.4, -0.2) is 34.0 Å². The molecule has 4 N–H and O–H groups in total. The largest absolute Gasteiger partial charge is 0.487 e. The fourth-order valence-corrected chi connectivity index (χ4v) is 5.03. The Kier molecular flexibility index (Phi) is 10.7. The quantitative estimate of drug-likeness (QED) is 0.134. The molecule has 1 amide bonds. The number of carbonyl (C=O) groups is 1. The summed E-state index contributed by atoms with van der Waals surface area (Å²) in [5.41, 5.74) is 12.3. The molecule has 1 unspecified atom stereocenters. The summed E-state index contributed by atoms with van der Waals surface area (Å²) < 4.78 is 5.92. The molecule has 0 spiro atoms. The van der Waals surface area contributed by atoms with Gasteiger partial charge in [0.2, 0.25) is 5.91 Å². The zero-order chi connectivity index (χ0) is 30.6. The molecule has 0 aliphatic heterocycles. The summed E-state index contributed by atoms with van der Waals surface area (Å²) >= 11 is 0. The van der Waals surface area contributed by atoms with Crippen molar-refractivity contribution >= 4 is 17.3 Å². The molecule has 1 atom stereocenters. The number of aliphatic hydroxyl groups excluding tert-OH is 1. The third-order valence-electron chi connectivity index (χ3n) is 7.33. The highest BCUT2D eigenvalue weighted by atomic mass is 16.5. The van der Waals surface area contributed by atoms with E-state index in [4.69, 9.17) is 10.5 Å². The van der Waals surface area contributed by atoms with E-state index in [0.29, 0.717) is 37.7 Å². The second kappa shape index (κ2) is 15.5. The zero-order valence-electron chi connectivity index (χ0n) is 24.7. The molecule has 0 fully saturated rings. The summed E-state index contributed by atoms with van der Waals surface area (Å²) in [7, 11) is 0. The van der Waals surface area contributed by atoms with Gasteiger partial charge in [-0.1, -0.05) is 84.9 Å². The molecule has 0 aliphatic rings. The molecule has 5 rings (SSSR count). The highest BCUT2D eigenvalue weighted by molar-refractivity contribution is 5.91. The molecule has 7 heteroatoms. The Morgan fingerprint density at radius 2 is 1.52 bits per heavy atom. The fourth-order valence-electron chi connectivity index (χ4n) is 5.03. The van der Waals surface area contributed by atoms with Crippen LogP contribution in [0.3, 0.4) is 0 Å². The van der Waals surface area contributed by atoms with Crippen molar-refractivity contribution in [1.29, 1.82) is 0 Å². The van der Waals surface area contributed by atoms with Gasteiger partial charge in [-0.15, -0.1) is 0 Å². The number of aromatic nitrogens is 1. The lowest BCUT2D eigenvalue weighted by atomic mass is 10.1. The molecular formula is C37H38N4O3. The van der Waals surface area contributed by atoms with Crippen molar-refractivity contribution in [3.05, 3.63) is 155 Å². The van der Waals surface area contributed by atoms with E-state index in [-0.39, 0.29) is 12.3 Å². The molecule has 5 aromatic rings. The van der Waals surface area contributed by atoms with E-state index in [0.717, 1.165) is 40.1 Å². The van der Waals surface area contributed by atoms with E-state index >= 15 is 0 Å². The minimum Gasteiger partial charge on any atom is -0.487 e. The molecule has 0 radical (unpaired) electrons. The van der Waals surface area contributed by atoms with E-state index in [1.807, 2.05) is 103 Å². The van der Waals surface area contributed by atoms with Gasteiger partial charge in [-0.25, -0.2) is 0 Å². The topological polar surface area (TPSA) is 101 Å². The minimum atomic E-state index is -0.737. The predicted octanol–water partition coefficient (Wildman–Crippen LogP) is 6.20. The van der Waals surface area contributed by atoms with Crippen LogP contribution in [0.25, 0.3) is 0 Å². The SMILES string of the molecule is Nc1cc(C(O)CN(CCc2ccnc(CC(=O)Nc3ccccc3)c2)Cc2ccccc2)ccc1OCc1ccccc1. The first-order valence-electron chi connectivity index (χ1n) is 14.8. The van der Waals surface area contributed by atoms with Gasteiger partial charge in [0.25, 0.3) is 0 Å². The molecular weight excluding hydrogens is 548 g/mol. The number of carbonyl (C=O) groups excluding carboxylic acids is 1. The van der Waals surface area contributed by atoms with Crippen LogP contribution in [0.2, 0.25) is 0 Å². The number of amides is 1. The van der Waals surface area contributed by atoms with Crippen LogP contribution < -0.4 is 15.8 Å². The van der Waals surface area contributed by atoms with Crippen LogP contribution in [-0.2, 0) is 30.8 Å². The average Bonchev–Trinajstić information content (AvgIpc) is 3.04. The lowest BCUT2D eigenvalue weighted by Gasteiger charge is -2.26. The first-order valence-corrected chi connectivity index (χ1v) is 14.8. The van der Waals surface area contributed by atoms with Gasteiger partial charge in [-0.3, -0.25) is 14.7 Å². The molecule has 0 saturated heterocycles. The van der Waals surface area contributed by atoms with Gasteiger partial charge >= 0.3 is 0 Å². The molecule has 0 aliphatic carbocycles. The molecule has 224 valence electrons. The Labute approximate surface area is 259 Å². The number of rotatable bonds is 14. The lowest BCUT2D eigenvalue weighted by Crippen LogP contribution is -2.30. The van der Waals surface area contributed by atoms with Crippen molar-refractivity contribution in [3.63, 3.8) is 0 Å². The zero-order valence-corrected chi connectivity index (χ0v) is 24.7. The van der Waals surface area contributed by atoms with Gasteiger partial charge in [-0.2, -0.15) is 0 Å². The number of pyridine rings is 1. The number of benzene rings is 4. The summed E-state index contributed by atoms with van der Waals surface area (Å²) in [6, 6.07) is 39.0. The first kappa shape index (κ1) is 30.5. The number of nitrogens with two attached hydrogens (primary N) is 1. The Balaban J connectivity index is 1.21. The maximum atomic E-state index is 12.6. The summed E-state index contributed by atoms with van der Waals surface area (Å²) in [5.74, 6) is 0.488. The number of aliphatic hydroxyl groups is 1. The van der Waals surface area contributed by atoms with Gasteiger partial charge in [-0.05, 0) is 65.1 Å². The Morgan fingerprint density at radius 1 is 0.841 bits per heavy atom. The number of anilines is 2. The second-order valence-electron chi connectivity index (χ2n) is 10.8. The van der Waals surface area contributed by atoms with Crippen molar-refractivity contribution in [2.45, 2.75) is 32.1 Å². The standard InChI is InChI=1S/C37H38N4O3/c38-34-23-31(16-17-36(34)44-27-30-12-6-2-7-13-30)35(42)26-41(25-29-10-4-1-5-11-29)21-19-28-18-20-39-33(22-28)24-37(43)40-32-14-8-3-9-15-32/h1-18,20,22-23,35,42H,19,21,24-27,38H2,(H,40,43). The number of ether oxygens (including phenoxy) is 1. The Morgan fingerprint density at radius 3 is 2.23 bits per heavy atom. The van der Waals surface area contributed by atoms with Gasteiger partial charge in [0.1, 0.15) is 12.4 Å². The summed E-state index contributed by atoms with van der Waals surface area (Å²) in [6.07, 6.45) is 1.95. The number of nitrogens with zero attached hydrogens (tertiary/aromatic N) is 2. The molecule has 1 aromatic heterocycles. The summed E-state index contributed by atoms with van der Waals surface area (Å²) in [4.78, 5) is 19.2. The molecule has 7 nitrogen and oxygen atoms in total. The number of para-hydroxylation sites is 1. The van der Waals surface area contributed by atoms with Crippen LogP contribution in [0, 0.1) is 0 Å². The van der Waals surface area contributed by atoms with Crippen LogP contribution in [0.4, 0.5) is 11.4 Å². The molecule has 1 heterocycles. The van der Waals surface area contributed by atoms with Crippen molar-refractivity contribution < 1.29 is 14.6 Å². The number of hydrogen-bond acceptors (Lipinski definition) is 6. The summed E-state index contributed by atoms with van der Waals surface area (Å²) in [5, 5.41) is 14.2. The van der Waals surface area contributed by atoms with E-state index < -0.39 is 6.10 Å². The van der Waals surface area contributed by atoms with Gasteiger partial charge in [0, 0.05) is 37.2 Å². The van der Waals surface area contributed by atoms with Crippen molar-refractivity contribution in [2.24, 2.45) is 0 Å². The third kappa shape index (κ3) is 9.26. The molecule has 0 saturated carbocycles.